The van der Waals surface area contributed by atoms with E-state index in [9.17, 15) is 4.79 Å². The Balaban J connectivity index is 2.23. The number of fused-ring (bicyclic) bond motifs is 1. The first kappa shape index (κ1) is 12.7. The van der Waals surface area contributed by atoms with Crippen LogP contribution in [0.4, 0.5) is 0 Å². The topological polar surface area (TPSA) is 22.0 Å². The number of aromatic nitrogens is 1. The molecule has 1 aromatic carbocycles. The van der Waals surface area contributed by atoms with Gasteiger partial charge < -0.3 is 4.57 Å². The van der Waals surface area contributed by atoms with Crippen molar-refractivity contribution in [2.24, 2.45) is 0 Å². The second kappa shape index (κ2) is 4.64. The normalized spacial score (nSPS) is 14.6. The molecule has 0 unspecified atom stereocenters. The van der Waals surface area contributed by atoms with Gasteiger partial charge in [-0.1, -0.05) is 15.9 Å². The molecule has 0 saturated heterocycles. The van der Waals surface area contributed by atoms with Gasteiger partial charge in [-0.25, -0.2) is 0 Å². The number of halogens is 1. The lowest BCUT2D eigenvalue weighted by Crippen LogP contribution is -2.12. The molecule has 1 aliphatic carbocycles. The van der Waals surface area contributed by atoms with Gasteiger partial charge in [0.25, 0.3) is 0 Å². The Morgan fingerprint density at radius 3 is 2.63 bits per heavy atom. The van der Waals surface area contributed by atoms with Gasteiger partial charge in [0, 0.05) is 33.5 Å². The third-order valence-corrected chi connectivity index (χ3v) is 4.15. The highest BCUT2D eigenvalue weighted by Gasteiger charge is 2.23. The molecule has 1 aliphatic rings. The third kappa shape index (κ3) is 2.16. The zero-order valence-electron chi connectivity index (χ0n) is 11.2. The van der Waals surface area contributed by atoms with E-state index in [1.165, 1.54) is 11.3 Å². The van der Waals surface area contributed by atoms with Crippen molar-refractivity contribution in [1.29, 1.82) is 0 Å². The summed E-state index contributed by atoms with van der Waals surface area (Å²) >= 11 is 3.55. The van der Waals surface area contributed by atoms with Gasteiger partial charge in [-0.3, -0.25) is 4.79 Å². The van der Waals surface area contributed by atoms with E-state index in [2.05, 4.69) is 52.5 Å². The number of aryl methyl sites for hydroxylation is 2. The Morgan fingerprint density at radius 1 is 1.11 bits per heavy atom. The fraction of sp³-hybridized carbons (Fsp3) is 0.312. The van der Waals surface area contributed by atoms with E-state index < -0.39 is 0 Å². The molecule has 0 aliphatic heterocycles. The lowest BCUT2D eigenvalue weighted by molar-refractivity contribution is 0.0972. The number of carbonyl (C=O) groups is 1. The Hall–Kier alpha value is -1.35. The Bertz CT molecular complexity index is 649. The van der Waals surface area contributed by atoms with Crippen molar-refractivity contribution in [2.45, 2.75) is 33.1 Å². The van der Waals surface area contributed by atoms with Crippen molar-refractivity contribution in [2.75, 3.05) is 0 Å². The number of nitrogens with zero attached hydrogens (tertiary/aromatic N) is 1. The summed E-state index contributed by atoms with van der Waals surface area (Å²) in [5, 5.41) is 0. The maximum atomic E-state index is 12.0. The highest BCUT2D eigenvalue weighted by molar-refractivity contribution is 9.10. The minimum absolute atomic E-state index is 0.287. The maximum absolute atomic E-state index is 12.0. The number of benzene rings is 1. The largest absolute Gasteiger partial charge is 0.317 e. The maximum Gasteiger partial charge on any atom is 0.164 e. The van der Waals surface area contributed by atoms with E-state index in [-0.39, 0.29) is 5.78 Å². The van der Waals surface area contributed by atoms with Crippen LogP contribution in [0.25, 0.3) is 5.69 Å². The summed E-state index contributed by atoms with van der Waals surface area (Å²) in [4.78, 5) is 12.0. The summed E-state index contributed by atoms with van der Waals surface area (Å²) in [6.07, 6.45) is 2.64. The minimum Gasteiger partial charge on any atom is -0.317 e. The standard InChI is InChI=1S/C16H16BrNO/c1-10-6-12(17)9-13(7-10)18-11(2)8-14-15(18)4-3-5-16(14)19/h6-9H,3-5H2,1-2H3. The third-order valence-electron chi connectivity index (χ3n) is 3.69. The van der Waals surface area contributed by atoms with Crippen LogP contribution in [0.3, 0.4) is 0 Å². The SMILES string of the molecule is Cc1cc(Br)cc(-n2c(C)cc3c2CCCC3=O)c1. The smallest absolute Gasteiger partial charge is 0.164 e. The number of carbonyl (C=O) groups excluding carboxylic acids is 1. The number of Topliss-reactive ketones (excluding diaryl/α,β-unsaturated/α-hetero) is 1. The van der Waals surface area contributed by atoms with E-state index in [1.807, 2.05) is 6.07 Å². The number of rotatable bonds is 1. The molecule has 3 rings (SSSR count). The summed E-state index contributed by atoms with van der Waals surface area (Å²) in [6, 6.07) is 8.41. The first-order valence-electron chi connectivity index (χ1n) is 6.58. The van der Waals surface area contributed by atoms with Crippen molar-refractivity contribution >= 4 is 21.7 Å². The van der Waals surface area contributed by atoms with Crippen LogP contribution in [0.2, 0.25) is 0 Å². The van der Waals surface area contributed by atoms with Gasteiger partial charge in [-0.2, -0.15) is 0 Å². The number of hydrogen-bond acceptors (Lipinski definition) is 1. The van der Waals surface area contributed by atoms with Crippen molar-refractivity contribution < 1.29 is 4.79 Å². The Morgan fingerprint density at radius 2 is 1.89 bits per heavy atom. The zero-order valence-corrected chi connectivity index (χ0v) is 12.8. The second-order valence-electron chi connectivity index (χ2n) is 5.25. The molecule has 0 amide bonds. The summed E-state index contributed by atoms with van der Waals surface area (Å²) < 4.78 is 3.30. The van der Waals surface area contributed by atoms with Crippen LogP contribution in [-0.2, 0) is 6.42 Å². The molecule has 2 nitrogen and oxygen atoms in total. The molecule has 1 heterocycles. The van der Waals surface area contributed by atoms with Crippen LogP contribution < -0.4 is 0 Å². The average Bonchev–Trinajstić information content (AvgIpc) is 2.65. The van der Waals surface area contributed by atoms with Crippen LogP contribution >= 0.6 is 15.9 Å². The van der Waals surface area contributed by atoms with Crippen LogP contribution in [-0.4, -0.2) is 10.4 Å². The van der Waals surface area contributed by atoms with Crippen LogP contribution in [0.15, 0.2) is 28.7 Å². The predicted octanol–water partition coefficient (Wildman–Crippen LogP) is 4.38. The van der Waals surface area contributed by atoms with Crippen molar-refractivity contribution in [3.63, 3.8) is 0 Å². The van der Waals surface area contributed by atoms with E-state index in [0.29, 0.717) is 6.42 Å². The fourth-order valence-electron chi connectivity index (χ4n) is 2.93. The second-order valence-corrected chi connectivity index (χ2v) is 6.16. The number of hydrogen-bond donors (Lipinski definition) is 0. The first-order chi connectivity index (χ1) is 9.06. The van der Waals surface area contributed by atoms with Gasteiger partial charge in [0.15, 0.2) is 5.78 Å². The molecule has 0 fully saturated rings. The highest BCUT2D eigenvalue weighted by atomic mass is 79.9. The summed E-state index contributed by atoms with van der Waals surface area (Å²) in [5.74, 6) is 0.287. The lowest BCUT2D eigenvalue weighted by atomic mass is 9.96. The van der Waals surface area contributed by atoms with Gasteiger partial charge in [0.1, 0.15) is 0 Å². The van der Waals surface area contributed by atoms with Crippen molar-refractivity contribution in [3.8, 4) is 5.69 Å². The van der Waals surface area contributed by atoms with Crippen LogP contribution in [0, 0.1) is 13.8 Å². The molecule has 2 aromatic rings. The lowest BCUT2D eigenvalue weighted by Gasteiger charge is -2.16. The molecular formula is C16H16BrNO. The first-order valence-corrected chi connectivity index (χ1v) is 7.37. The molecule has 1 aromatic heterocycles. The average molecular weight is 318 g/mol. The molecule has 98 valence electrons. The van der Waals surface area contributed by atoms with E-state index >= 15 is 0 Å². The van der Waals surface area contributed by atoms with Gasteiger partial charge in [0.05, 0.1) is 0 Å². The molecule has 0 N–H and O–H groups in total. The predicted molar refractivity (Wildman–Crippen MR) is 80.2 cm³/mol. The molecule has 0 atom stereocenters. The Labute approximate surface area is 121 Å². The summed E-state index contributed by atoms with van der Waals surface area (Å²) in [6.45, 7) is 4.16. The van der Waals surface area contributed by atoms with Gasteiger partial charge in [-0.05, 0) is 56.5 Å². The summed E-state index contributed by atoms with van der Waals surface area (Å²) in [5.41, 5.74) is 5.58. The molecular weight excluding hydrogens is 302 g/mol. The number of ketones is 1. The van der Waals surface area contributed by atoms with Crippen LogP contribution in [0.5, 0.6) is 0 Å². The molecule has 0 saturated carbocycles. The quantitative estimate of drug-likeness (QED) is 0.765. The summed E-state index contributed by atoms with van der Waals surface area (Å²) in [7, 11) is 0. The van der Waals surface area contributed by atoms with Gasteiger partial charge in [0.2, 0.25) is 0 Å². The Kier molecular flexibility index (Phi) is 3.09. The van der Waals surface area contributed by atoms with E-state index in [4.69, 9.17) is 0 Å². The minimum atomic E-state index is 0.287. The molecule has 19 heavy (non-hydrogen) atoms. The molecule has 0 bridgehead atoms. The van der Waals surface area contributed by atoms with Gasteiger partial charge in [-0.15, -0.1) is 0 Å². The van der Waals surface area contributed by atoms with E-state index in [0.717, 1.165) is 34.3 Å². The van der Waals surface area contributed by atoms with Crippen LogP contribution in [0.1, 0.15) is 40.2 Å². The van der Waals surface area contributed by atoms with Crippen molar-refractivity contribution in [3.05, 3.63) is 51.3 Å². The zero-order chi connectivity index (χ0) is 13.6. The monoisotopic (exact) mass is 317 g/mol. The highest BCUT2D eigenvalue weighted by Crippen LogP contribution is 2.29. The fourth-order valence-corrected chi connectivity index (χ4v) is 3.53. The van der Waals surface area contributed by atoms with Gasteiger partial charge >= 0.3 is 0 Å². The van der Waals surface area contributed by atoms with E-state index in [1.54, 1.807) is 0 Å². The molecule has 0 spiro atoms. The molecule has 3 heteroatoms. The van der Waals surface area contributed by atoms with Crippen molar-refractivity contribution in [1.82, 2.24) is 4.57 Å². The molecule has 0 radical (unpaired) electrons.